The van der Waals surface area contributed by atoms with E-state index in [1.54, 1.807) is 17.8 Å². The number of benzene rings is 1. The maximum Gasteiger partial charge on any atom is 0.406 e. The van der Waals surface area contributed by atoms with Crippen molar-refractivity contribution in [2.45, 2.75) is 88.6 Å². The van der Waals surface area contributed by atoms with Gasteiger partial charge in [0.1, 0.15) is 6.54 Å². The topological polar surface area (TPSA) is 47.8 Å². The molecular weight excluding hydrogens is 557 g/mol. The van der Waals surface area contributed by atoms with E-state index in [1.807, 2.05) is 38.3 Å². The summed E-state index contributed by atoms with van der Waals surface area (Å²) in [6, 6.07) is 8.53. The molecule has 2 atom stereocenters. The lowest BCUT2D eigenvalue weighted by Crippen LogP contribution is -2.48. The Morgan fingerprint density at radius 1 is 1.02 bits per heavy atom. The van der Waals surface area contributed by atoms with Gasteiger partial charge in [0.15, 0.2) is 0 Å². The van der Waals surface area contributed by atoms with Gasteiger partial charge in [-0.05, 0) is 89.0 Å². The molecule has 4 heterocycles. The van der Waals surface area contributed by atoms with Gasteiger partial charge in [0.25, 0.3) is 0 Å². The van der Waals surface area contributed by atoms with Crippen LogP contribution in [0.2, 0.25) is 0 Å². The highest BCUT2D eigenvalue weighted by atomic mass is 32.2. The SMILES string of the molecule is CC.CSC1CCC(NCC#Cc2cc3c(NC4CCN(C5CCN(C)CC5)CC4)cccc3n2CC(F)(F)F)C=N1. The number of aromatic nitrogens is 1. The second-order valence-corrected chi connectivity index (χ2v) is 12.3. The lowest BCUT2D eigenvalue weighted by molar-refractivity contribution is -0.140. The summed E-state index contributed by atoms with van der Waals surface area (Å²) in [5, 5.41) is 8.13. The summed E-state index contributed by atoms with van der Waals surface area (Å²) in [5.74, 6) is 6.08. The van der Waals surface area contributed by atoms with Gasteiger partial charge < -0.3 is 19.7 Å². The zero-order chi connectivity index (χ0) is 30.1. The number of halogens is 3. The fourth-order valence-electron chi connectivity index (χ4n) is 6.17. The molecule has 0 bridgehead atoms. The van der Waals surface area contributed by atoms with E-state index in [-0.39, 0.29) is 6.04 Å². The smallest absolute Gasteiger partial charge is 0.382 e. The number of hydrogen-bond donors (Lipinski definition) is 2. The van der Waals surface area contributed by atoms with Gasteiger partial charge in [-0.3, -0.25) is 10.3 Å². The number of likely N-dealkylation sites (tertiary alicyclic amines) is 2. The van der Waals surface area contributed by atoms with E-state index in [0.717, 1.165) is 62.9 Å². The van der Waals surface area contributed by atoms with Crippen molar-refractivity contribution in [2.24, 2.45) is 4.99 Å². The van der Waals surface area contributed by atoms with Gasteiger partial charge in [0, 0.05) is 48.5 Å². The molecule has 0 radical (unpaired) electrons. The molecule has 2 aromatic rings. The third kappa shape index (κ3) is 8.91. The fraction of sp³-hybridized carbons (Fsp3) is 0.656. The van der Waals surface area contributed by atoms with Crippen molar-refractivity contribution in [3.05, 3.63) is 30.0 Å². The first-order valence-corrected chi connectivity index (χ1v) is 16.7. The zero-order valence-electron chi connectivity index (χ0n) is 25.5. The van der Waals surface area contributed by atoms with Crippen LogP contribution in [-0.2, 0) is 6.54 Å². The highest BCUT2D eigenvalue weighted by molar-refractivity contribution is 7.99. The van der Waals surface area contributed by atoms with Crippen LogP contribution in [0.3, 0.4) is 0 Å². The maximum atomic E-state index is 13.6. The zero-order valence-corrected chi connectivity index (χ0v) is 26.3. The molecule has 10 heteroatoms. The van der Waals surface area contributed by atoms with Crippen molar-refractivity contribution in [1.82, 2.24) is 19.7 Å². The quantitative estimate of drug-likeness (QED) is 0.376. The molecule has 0 saturated carbocycles. The molecule has 1 aromatic heterocycles. The fourth-order valence-corrected chi connectivity index (χ4v) is 6.74. The van der Waals surface area contributed by atoms with Gasteiger partial charge in [0.05, 0.1) is 23.1 Å². The Kier molecular flexibility index (Phi) is 12.1. The lowest BCUT2D eigenvalue weighted by Gasteiger charge is -2.41. The number of fused-ring (bicyclic) bond motifs is 1. The standard InChI is InChI=1S/C30H41F3N6S.C2H6/c1-37-15-12-24(13-16-37)38-17-10-22(11-18-38)36-27-6-3-7-28-26(27)19-25(39(28)21-30(31,32)33)5-4-14-34-23-8-9-29(40-2)35-20-23;1-2/h3,6-7,19-20,22-24,29,34,36H,8-18,21H2,1-2H3;1-2H3. The summed E-state index contributed by atoms with van der Waals surface area (Å²) in [6.45, 7) is 7.78. The molecule has 0 amide bonds. The Labute approximate surface area is 253 Å². The summed E-state index contributed by atoms with van der Waals surface area (Å²) in [7, 11) is 2.19. The molecule has 5 rings (SSSR count). The number of nitrogens with zero attached hydrogens (tertiary/aromatic N) is 4. The third-order valence-corrected chi connectivity index (χ3v) is 9.38. The minimum absolute atomic E-state index is 0.153. The van der Waals surface area contributed by atoms with Crippen LogP contribution < -0.4 is 10.6 Å². The first-order valence-electron chi connectivity index (χ1n) is 15.5. The monoisotopic (exact) mass is 604 g/mol. The van der Waals surface area contributed by atoms with Crippen LogP contribution in [0.15, 0.2) is 29.3 Å². The van der Waals surface area contributed by atoms with Gasteiger partial charge in [-0.1, -0.05) is 25.8 Å². The normalized spacial score (nSPS) is 22.8. The van der Waals surface area contributed by atoms with Crippen molar-refractivity contribution in [1.29, 1.82) is 0 Å². The first-order chi connectivity index (χ1) is 20.3. The largest absolute Gasteiger partial charge is 0.406 e. The average molecular weight is 605 g/mol. The maximum absolute atomic E-state index is 13.6. The number of nitrogens with one attached hydrogen (secondary N) is 2. The second-order valence-electron chi connectivity index (χ2n) is 11.3. The molecule has 2 unspecified atom stereocenters. The van der Waals surface area contributed by atoms with Gasteiger partial charge >= 0.3 is 6.18 Å². The van der Waals surface area contributed by atoms with Crippen molar-refractivity contribution in [2.75, 3.05) is 51.3 Å². The average Bonchev–Trinajstić information content (AvgIpc) is 3.34. The molecule has 232 valence electrons. The molecule has 3 aliphatic rings. The van der Waals surface area contributed by atoms with Crippen molar-refractivity contribution in [3.63, 3.8) is 0 Å². The first kappa shape index (κ1) is 32.7. The Bertz CT molecular complexity index is 1220. The molecule has 0 aliphatic carbocycles. The van der Waals surface area contributed by atoms with Crippen molar-refractivity contribution >= 4 is 34.6 Å². The van der Waals surface area contributed by atoms with Crippen molar-refractivity contribution < 1.29 is 13.2 Å². The third-order valence-electron chi connectivity index (χ3n) is 8.47. The van der Waals surface area contributed by atoms with Crippen LogP contribution in [0.4, 0.5) is 18.9 Å². The molecule has 2 fully saturated rings. The van der Waals surface area contributed by atoms with Crippen LogP contribution in [0.1, 0.15) is 58.1 Å². The van der Waals surface area contributed by atoms with E-state index in [2.05, 4.69) is 50.6 Å². The van der Waals surface area contributed by atoms with Crippen LogP contribution in [-0.4, -0.2) is 96.3 Å². The van der Waals surface area contributed by atoms with E-state index in [9.17, 15) is 13.2 Å². The molecule has 6 nitrogen and oxygen atoms in total. The minimum atomic E-state index is -4.34. The number of piperidine rings is 2. The highest BCUT2D eigenvalue weighted by Gasteiger charge is 2.31. The van der Waals surface area contributed by atoms with E-state index in [1.165, 1.54) is 17.4 Å². The second kappa shape index (κ2) is 15.5. The summed E-state index contributed by atoms with van der Waals surface area (Å²) in [6.07, 6.45) is 6.17. The Morgan fingerprint density at radius 2 is 1.76 bits per heavy atom. The molecule has 2 N–H and O–H groups in total. The number of hydrogen-bond acceptors (Lipinski definition) is 6. The predicted molar refractivity (Wildman–Crippen MR) is 172 cm³/mol. The van der Waals surface area contributed by atoms with Crippen LogP contribution >= 0.6 is 11.8 Å². The van der Waals surface area contributed by atoms with E-state index < -0.39 is 12.7 Å². The van der Waals surface area contributed by atoms with Gasteiger partial charge in [0.2, 0.25) is 0 Å². The van der Waals surface area contributed by atoms with Gasteiger partial charge in [-0.2, -0.15) is 13.2 Å². The summed E-state index contributed by atoms with van der Waals surface area (Å²) < 4.78 is 42.1. The Morgan fingerprint density at radius 3 is 2.40 bits per heavy atom. The Balaban J connectivity index is 0.00000198. The number of anilines is 1. The molecule has 0 spiro atoms. The number of rotatable bonds is 7. The minimum Gasteiger partial charge on any atom is -0.382 e. The van der Waals surface area contributed by atoms with Gasteiger partial charge in [-0.15, -0.1) is 11.8 Å². The molecule has 3 aliphatic heterocycles. The molecule has 2 saturated heterocycles. The predicted octanol–water partition coefficient (Wildman–Crippen LogP) is 6.06. The van der Waals surface area contributed by atoms with Crippen LogP contribution in [0, 0.1) is 11.8 Å². The molecule has 1 aromatic carbocycles. The molecule has 42 heavy (non-hydrogen) atoms. The lowest BCUT2D eigenvalue weighted by atomic mass is 9.97. The summed E-state index contributed by atoms with van der Waals surface area (Å²) in [5.41, 5.74) is 1.84. The number of aliphatic imine (C=N–C) groups is 1. The van der Waals surface area contributed by atoms with E-state index in [0.29, 0.717) is 35.2 Å². The molecular formula is C32H47F3N6S. The summed E-state index contributed by atoms with van der Waals surface area (Å²) in [4.78, 5) is 9.56. The Hall–Kier alpha value is -2.19. The van der Waals surface area contributed by atoms with Crippen LogP contribution in [0.5, 0.6) is 0 Å². The van der Waals surface area contributed by atoms with E-state index in [4.69, 9.17) is 0 Å². The highest BCUT2D eigenvalue weighted by Crippen LogP contribution is 2.32. The number of alkyl halides is 3. The summed E-state index contributed by atoms with van der Waals surface area (Å²) >= 11 is 1.74. The van der Waals surface area contributed by atoms with Crippen molar-refractivity contribution in [3.8, 4) is 11.8 Å². The van der Waals surface area contributed by atoms with E-state index >= 15 is 0 Å². The number of thioether (sulfide) groups is 1. The van der Waals surface area contributed by atoms with Gasteiger partial charge in [-0.25, -0.2) is 0 Å². The van der Waals surface area contributed by atoms with Crippen LogP contribution in [0.25, 0.3) is 10.9 Å².